The second kappa shape index (κ2) is 9.20. The fourth-order valence-corrected chi connectivity index (χ4v) is 2.85. The first-order valence-corrected chi connectivity index (χ1v) is 9.67. The van der Waals surface area contributed by atoms with Crippen molar-refractivity contribution in [2.45, 2.75) is 38.7 Å². The summed E-state index contributed by atoms with van der Waals surface area (Å²) in [5.41, 5.74) is -1.97. The van der Waals surface area contributed by atoms with Gasteiger partial charge < -0.3 is 19.1 Å². The molecule has 0 radical (unpaired) electrons. The van der Waals surface area contributed by atoms with Gasteiger partial charge in [-0.3, -0.25) is 9.85 Å². The van der Waals surface area contributed by atoms with Crippen LogP contribution in [0.15, 0.2) is 33.9 Å². The quantitative estimate of drug-likeness (QED) is 0.315. The van der Waals surface area contributed by atoms with Crippen LogP contribution in [-0.2, 0) is 20.5 Å². The van der Waals surface area contributed by atoms with Crippen LogP contribution < -0.4 is 20.6 Å². The maximum atomic E-state index is 12.9. The van der Waals surface area contributed by atoms with E-state index in [1.54, 1.807) is 25.8 Å². The molecular formula is C19H23F3N4O6. The highest BCUT2D eigenvalue weighted by atomic mass is 19.4. The van der Waals surface area contributed by atoms with E-state index in [0.717, 1.165) is 24.3 Å². The largest absolute Gasteiger partial charge is 0.535 e. The Morgan fingerprint density at radius 3 is 2.41 bits per heavy atom. The minimum absolute atomic E-state index is 0.0461. The summed E-state index contributed by atoms with van der Waals surface area (Å²) in [6.07, 6.45) is -7.12. The van der Waals surface area contributed by atoms with Gasteiger partial charge in [-0.25, -0.2) is 4.79 Å². The minimum atomic E-state index is -4.52. The predicted octanol–water partition coefficient (Wildman–Crippen LogP) is 1.36. The van der Waals surface area contributed by atoms with Gasteiger partial charge in [0.25, 0.3) is 0 Å². The van der Waals surface area contributed by atoms with E-state index in [0.29, 0.717) is 26.3 Å². The number of aliphatic hydroxyl groups is 1. The lowest BCUT2D eigenvalue weighted by Gasteiger charge is -2.28. The Labute approximate surface area is 180 Å². The van der Waals surface area contributed by atoms with Gasteiger partial charge in [0.2, 0.25) is 0 Å². The number of aromatic nitrogens is 2. The van der Waals surface area contributed by atoms with E-state index < -0.39 is 29.6 Å². The van der Waals surface area contributed by atoms with Gasteiger partial charge in [0, 0.05) is 13.1 Å². The highest BCUT2D eigenvalue weighted by molar-refractivity contribution is 5.60. The van der Waals surface area contributed by atoms with Crippen LogP contribution in [0.5, 0.6) is 0 Å². The van der Waals surface area contributed by atoms with Crippen molar-refractivity contribution in [3.05, 3.63) is 46.6 Å². The molecule has 1 aromatic carbocycles. The first-order valence-electron chi connectivity index (χ1n) is 9.67. The number of aliphatic hydroxyl groups excluding tert-OH is 1. The number of morpholine rings is 1. The molecule has 0 aliphatic carbocycles. The summed E-state index contributed by atoms with van der Waals surface area (Å²) in [5, 5.41) is 20.0. The molecule has 0 bridgehead atoms. The van der Waals surface area contributed by atoms with Crippen LogP contribution in [0.3, 0.4) is 0 Å². The fourth-order valence-electron chi connectivity index (χ4n) is 2.85. The van der Waals surface area contributed by atoms with Gasteiger partial charge in [0.15, 0.2) is 6.10 Å². The molecule has 13 heteroatoms. The summed E-state index contributed by atoms with van der Waals surface area (Å²) >= 11 is 0. The minimum Gasteiger partial charge on any atom is -0.427 e. The number of halogens is 3. The number of carbonyl (C=O) groups excluding carboxylic acids is 1. The van der Waals surface area contributed by atoms with E-state index >= 15 is 0 Å². The van der Waals surface area contributed by atoms with Crippen molar-refractivity contribution in [2.24, 2.45) is 5.16 Å². The molecule has 2 aromatic rings. The van der Waals surface area contributed by atoms with Crippen LogP contribution in [0.2, 0.25) is 0 Å². The SMILES string of the molecule is CC(C)(C)OC(=O)O/N=c1\o[n-][n+](N2CCOCC2)c1C(O)c1ccc(C(F)(F)F)cc1. The summed E-state index contributed by atoms with van der Waals surface area (Å²) < 4.78 is 54.0. The zero-order chi connectivity index (χ0) is 23.5. The second-order valence-corrected chi connectivity index (χ2v) is 7.89. The fraction of sp³-hybridized carbons (Fsp3) is 0.526. The van der Waals surface area contributed by atoms with Gasteiger partial charge in [-0.05, 0) is 48.9 Å². The molecule has 1 aliphatic rings. The van der Waals surface area contributed by atoms with Crippen LogP contribution in [0.1, 0.15) is 43.7 Å². The topological polar surface area (TPSA) is 112 Å². The number of ether oxygens (including phenoxy) is 2. The average molecular weight is 460 g/mol. The van der Waals surface area contributed by atoms with Crippen molar-refractivity contribution in [3.63, 3.8) is 0 Å². The molecule has 1 saturated heterocycles. The molecule has 0 spiro atoms. The predicted molar refractivity (Wildman–Crippen MR) is 99.4 cm³/mol. The lowest BCUT2D eigenvalue weighted by molar-refractivity contribution is -0.773. The highest BCUT2D eigenvalue weighted by Crippen LogP contribution is 2.30. The van der Waals surface area contributed by atoms with Crippen LogP contribution in [-0.4, -0.2) is 43.2 Å². The summed E-state index contributed by atoms with van der Waals surface area (Å²) in [7, 11) is 0. The Morgan fingerprint density at radius 2 is 1.84 bits per heavy atom. The zero-order valence-electron chi connectivity index (χ0n) is 17.6. The number of rotatable bonds is 4. The highest BCUT2D eigenvalue weighted by Gasteiger charge is 2.33. The first-order chi connectivity index (χ1) is 15.0. The van der Waals surface area contributed by atoms with Crippen molar-refractivity contribution in [1.82, 2.24) is 5.27 Å². The Kier molecular flexibility index (Phi) is 6.79. The Balaban J connectivity index is 1.96. The average Bonchev–Trinajstić information content (AvgIpc) is 3.14. The third-order valence-corrected chi connectivity index (χ3v) is 4.30. The Bertz CT molecular complexity index is 988. The molecular weight excluding hydrogens is 437 g/mol. The monoisotopic (exact) mass is 460 g/mol. The molecule has 32 heavy (non-hydrogen) atoms. The Morgan fingerprint density at radius 1 is 1.22 bits per heavy atom. The van der Waals surface area contributed by atoms with Crippen LogP contribution in [0.25, 0.3) is 0 Å². The van der Waals surface area contributed by atoms with E-state index in [4.69, 9.17) is 18.8 Å². The molecule has 3 rings (SSSR count). The van der Waals surface area contributed by atoms with Gasteiger partial charge in [-0.2, -0.15) is 13.2 Å². The van der Waals surface area contributed by atoms with Gasteiger partial charge >= 0.3 is 23.6 Å². The van der Waals surface area contributed by atoms with Crippen molar-refractivity contribution in [1.29, 1.82) is 0 Å². The van der Waals surface area contributed by atoms with Crippen LogP contribution in [0.4, 0.5) is 18.0 Å². The van der Waals surface area contributed by atoms with Crippen LogP contribution >= 0.6 is 0 Å². The molecule has 1 unspecified atom stereocenters. The van der Waals surface area contributed by atoms with Crippen molar-refractivity contribution in [2.75, 3.05) is 31.3 Å². The van der Waals surface area contributed by atoms with E-state index in [1.807, 2.05) is 0 Å². The lowest BCUT2D eigenvalue weighted by atomic mass is 10.0. The molecule has 10 nitrogen and oxygen atoms in total. The molecule has 2 heterocycles. The standard InChI is InChI=1S/C19H23F3N4O6/c1-18(2,3)30-17(28)32-23-16-14(26(24-31-16)25-8-10-29-11-9-25)15(27)12-4-6-13(7-5-12)19(20,21)22/h4-7,15,27H,8-11H2,1-3H3/b23-16-. The number of carbonyl (C=O) groups is 1. The van der Waals surface area contributed by atoms with Gasteiger partial charge in [0.1, 0.15) is 5.60 Å². The number of nitrogens with zero attached hydrogens (tertiary/aromatic N) is 4. The maximum absolute atomic E-state index is 12.9. The third kappa shape index (κ3) is 5.79. The van der Waals surface area contributed by atoms with E-state index in [2.05, 4.69) is 10.4 Å². The summed E-state index contributed by atoms with van der Waals surface area (Å²) in [4.78, 5) is 17.8. The molecule has 1 atom stereocenters. The number of hydrogen-bond acceptors (Lipinski definition) is 8. The van der Waals surface area contributed by atoms with E-state index in [1.165, 1.54) is 4.79 Å². The maximum Gasteiger partial charge on any atom is 0.535 e. The number of alkyl halides is 3. The zero-order valence-corrected chi connectivity index (χ0v) is 17.6. The molecule has 1 N–H and O–H groups in total. The van der Waals surface area contributed by atoms with Gasteiger partial charge in [0.05, 0.1) is 18.8 Å². The molecule has 0 saturated carbocycles. The summed E-state index contributed by atoms with van der Waals surface area (Å²) in [6, 6.07) is 3.95. The molecule has 0 amide bonds. The molecule has 1 aromatic heterocycles. The van der Waals surface area contributed by atoms with Crippen molar-refractivity contribution in [3.8, 4) is 0 Å². The number of hydrogen-bond donors (Lipinski definition) is 1. The number of benzene rings is 1. The molecule has 1 fully saturated rings. The molecule has 1 aliphatic heterocycles. The Hall–Kier alpha value is -3.06. The van der Waals surface area contributed by atoms with Crippen molar-refractivity contribution < 1.29 is 46.7 Å². The summed E-state index contributed by atoms with van der Waals surface area (Å²) in [5.74, 6) is 0. The van der Waals surface area contributed by atoms with E-state index in [-0.39, 0.29) is 16.8 Å². The van der Waals surface area contributed by atoms with Gasteiger partial charge in [-0.15, -0.1) is 0 Å². The lowest BCUT2D eigenvalue weighted by Crippen LogP contribution is -2.66. The third-order valence-electron chi connectivity index (χ3n) is 4.30. The van der Waals surface area contributed by atoms with Crippen LogP contribution in [0, 0.1) is 0 Å². The molecule has 176 valence electrons. The van der Waals surface area contributed by atoms with Crippen molar-refractivity contribution >= 4 is 6.16 Å². The normalized spacial score (nSPS) is 16.7. The van der Waals surface area contributed by atoms with Gasteiger partial charge in [-0.1, -0.05) is 16.9 Å². The first kappa shape index (κ1) is 23.6. The second-order valence-electron chi connectivity index (χ2n) is 7.89. The smallest absolute Gasteiger partial charge is 0.427 e. The van der Waals surface area contributed by atoms with E-state index in [9.17, 15) is 23.1 Å². The summed E-state index contributed by atoms with van der Waals surface area (Å²) in [6.45, 7) is 6.47.